The summed E-state index contributed by atoms with van der Waals surface area (Å²) in [5.41, 5.74) is 2.18. The summed E-state index contributed by atoms with van der Waals surface area (Å²) in [5.74, 6) is 0. The average Bonchev–Trinajstić information content (AvgIpc) is 1.69. The molecule has 0 spiro atoms. The fourth-order valence-electron chi connectivity index (χ4n) is 0.150. The molecule has 1 rings (SSSR count). The van der Waals surface area contributed by atoms with Gasteiger partial charge in [-0.15, -0.1) is 12.4 Å². The number of rotatable bonds is 0. The highest BCUT2D eigenvalue weighted by Gasteiger charge is 1.92. The number of nitrogens with zero attached hydrogens (tertiary/aromatic N) is 5. The number of hydrogen-bond donors (Lipinski definition) is 1. The molecule has 1 aliphatic rings. The first-order valence-corrected chi connectivity index (χ1v) is 1.75. The Morgan fingerprint density at radius 2 is 2.12 bits per heavy atom. The van der Waals surface area contributed by atoms with E-state index < -0.39 is 0 Å². The standard InChI is InChI=1S/ClHN6.ClH/c1-7-5-3-2-4-6-7;/h(H,2,5,6);1H. The smallest absolute Gasteiger partial charge is 0.0606 e. The third kappa shape index (κ3) is 1.90. The highest BCUT2D eigenvalue weighted by Crippen LogP contribution is 1.95. The SMILES string of the molecule is Cl.ClN1N=NN=NN1. The lowest BCUT2D eigenvalue weighted by atomic mass is 12.2. The number of nitrogens with one attached hydrogen (secondary N) is 1. The van der Waals surface area contributed by atoms with Gasteiger partial charge in [-0.05, 0) is 20.9 Å². The molecule has 1 heterocycles. The Hall–Kier alpha value is -0.620. The van der Waals surface area contributed by atoms with Gasteiger partial charge in [-0.3, -0.25) is 0 Å². The molecular formula is H2Cl2N6. The number of hydrogen-bond acceptors (Lipinski definition) is 6. The largest absolute Gasteiger partial charge is 0.165 e. The van der Waals surface area contributed by atoms with Crippen LogP contribution in [-0.2, 0) is 0 Å². The van der Waals surface area contributed by atoms with E-state index in [9.17, 15) is 0 Å². The topological polar surface area (TPSA) is 64.7 Å². The second-order valence-corrected chi connectivity index (χ2v) is 1.05. The molecule has 0 aromatic carbocycles. The van der Waals surface area contributed by atoms with Crippen LogP contribution in [0.25, 0.3) is 0 Å². The van der Waals surface area contributed by atoms with Crippen LogP contribution in [0.4, 0.5) is 0 Å². The van der Waals surface area contributed by atoms with E-state index in [1.54, 1.807) is 0 Å². The average molecular weight is 157 g/mol. The molecule has 0 saturated carbocycles. The molecule has 1 N–H and O–H groups in total. The van der Waals surface area contributed by atoms with Gasteiger partial charge in [0.15, 0.2) is 0 Å². The fourth-order valence-corrected chi connectivity index (χ4v) is 0.214. The summed E-state index contributed by atoms with van der Waals surface area (Å²) < 4.78 is 0.812. The van der Waals surface area contributed by atoms with Crippen molar-refractivity contribution in [1.29, 1.82) is 0 Å². The molecule has 0 bridgehead atoms. The highest BCUT2D eigenvalue weighted by molar-refractivity contribution is 6.12. The molecule has 1 aliphatic heterocycles. The molecule has 8 heavy (non-hydrogen) atoms. The number of hydrazine groups is 1. The first-order valence-electron chi connectivity index (χ1n) is 1.42. The van der Waals surface area contributed by atoms with E-state index in [0.29, 0.717) is 0 Å². The summed E-state index contributed by atoms with van der Waals surface area (Å²) in [6, 6.07) is 0. The normalized spacial score (nSPS) is 14.9. The second-order valence-electron chi connectivity index (χ2n) is 0.728. The predicted molar refractivity (Wildman–Crippen MR) is 27.8 cm³/mol. The van der Waals surface area contributed by atoms with Crippen molar-refractivity contribution in [3.8, 4) is 0 Å². The molecule has 0 atom stereocenters. The fraction of sp³-hybridized carbons (Fsp3) is 0. The summed E-state index contributed by atoms with van der Waals surface area (Å²) in [5, 5.41) is 12.5. The maximum absolute atomic E-state index is 5.12. The van der Waals surface area contributed by atoms with Crippen molar-refractivity contribution < 1.29 is 0 Å². The molecule has 46 valence electrons. The molecule has 8 heteroatoms. The number of halogens is 2. The monoisotopic (exact) mass is 156 g/mol. The minimum absolute atomic E-state index is 0. The first-order chi connectivity index (χ1) is 3.39. The Morgan fingerprint density at radius 1 is 1.38 bits per heavy atom. The summed E-state index contributed by atoms with van der Waals surface area (Å²) in [7, 11) is 0. The summed E-state index contributed by atoms with van der Waals surface area (Å²) in [4.78, 5) is 0. The van der Waals surface area contributed by atoms with Crippen LogP contribution in [-0.4, -0.2) is 4.64 Å². The molecule has 0 unspecified atom stereocenters. The van der Waals surface area contributed by atoms with Gasteiger partial charge in [0.25, 0.3) is 0 Å². The van der Waals surface area contributed by atoms with Gasteiger partial charge in [0, 0.05) is 0 Å². The van der Waals surface area contributed by atoms with Gasteiger partial charge in [-0.1, -0.05) is 4.64 Å². The molecule has 0 aromatic rings. The van der Waals surface area contributed by atoms with Crippen molar-refractivity contribution in [3.05, 3.63) is 0 Å². The van der Waals surface area contributed by atoms with E-state index in [-0.39, 0.29) is 12.4 Å². The zero-order valence-corrected chi connectivity index (χ0v) is 5.09. The third-order valence-corrected chi connectivity index (χ3v) is 0.474. The van der Waals surface area contributed by atoms with Crippen LogP contribution in [0.5, 0.6) is 0 Å². The van der Waals surface area contributed by atoms with Gasteiger partial charge >= 0.3 is 0 Å². The molecule has 0 fully saturated rings. The molecular weight excluding hydrogens is 155 g/mol. The summed E-state index contributed by atoms with van der Waals surface area (Å²) >= 11 is 5.12. The van der Waals surface area contributed by atoms with Gasteiger partial charge < -0.3 is 0 Å². The van der Waals surface area contributed by atoms with Crippen molar-refractivity contribution in [2.45, 2.75) is 0 Å². The molecule has 0 aliphatic carbocycles. The van der Waals surface area contributed by atoms with Gasteiger partial charge in [-0.2, -0.15) is 5.53 Å². The lowest BCUT2D eigenvalue weighted by Crippen LogP contribution is -2.19. The van der Waals surface area contributed by atoms with E-state index in [0.717, 1.165) is 4.64 Å². The van der Waals surface area contributed by atoms with Gasteiger partial charge in [0.1, 0.15) is 0 Å². The van der Waals surface area contributed by atoms with Gasteiger partial charge in [0.05, 0.1) is 11.8 Å². The second kappa shape index (κ2) is 3.39. The van der Waals surface area contributed by atoms with Crippen molar-refractivity contribution >= 4 is 24.2 Å². The molecule has 0 aromatic heterocycles. The van der Waals surface area contributed by atoms with Crippen LogP contribution >= 0.6 is 24.2 Å². The lowest BCUT2D eigenvalue weighted by Gasteiger charge is -2.03. The van der Waals surface area contributed by atoms with Crippen molar-refractivity contribution in [3.63, 3.8) is 0 Å². The maximum atomic E-state index is 5.12. The van der Waals surface area contributed by atoms with Crippen molar-refractivity contribution in [1.82, 2.24) is 10.2 Å². The summed E-state index contributed by atoms with van der Waals surface area (Å²) in [6.07, 6.45) is 0. The lowest BCUT2D eigenvalue weighted by molar-refractivity contribution is 0.295. The van der Waals surface area contributed by atoms with Crippen LogP contribution in [0.1, 0.15) is 0 Å². The van der Waals surface area contributed by atoms with Crippen molar-refractivity contribution in [2.24, 2.45) is 20.9 Å². The maximum Gasteiger partial charge on any atom is 0.0606 e. The highest BCUT2D eigenvalue weighted by atomic mass is 35.5. The molecule has 0 radical (unpaired) electrons. The van der Waals surface area contributed by atoms with Crippen LogP contribution < -0.4 is 5.53 Å². The summed E-state index contributed by atoms with van der Waals surface area (Å²) in [6.45, 7) is 0. The predicted octanol–water partition coefficient (Wildman–Crippen LogP) is 1.03. The van der Waals surface area contributed by atoms with E-state index in [4.69, 9.17) is 11.8 Å². The first kappa shape index (κ1) is 7.38. The third-order valence-electron chi connectivity index (χ3n) is 0.330. The van der Waals surface area contributed by atoms with Crippen LogP contribution in [0.15, 0.2) is 20.9 Å². The van der Waals surface area contributed by atoms with Crippen LogP contribution in [0, 0.1) is 0 Å². The molecule has 0 amide bonds. The zero-order valence-electron chi connectivity index (χ0n) is 3.52. The minimum Gasteiger partial charge on any atom is -0.165 e. The van der Waals surface area contributed by atoms with Crippen LogP contribution in [0.3, 0.4) is 0 Å². The van der Waals surface area contributed by atoms with Crippen molar-refractivity contribution in [2.75, 3.05) is 0 Å². The Morgan fingerprint density at radius 3 is 2.38 bits per heavy atom. The zero-order chi connectivity index (χ0) is 5.11. The molecule has 6 nitrogen and oxygen atoms in total. The van der Waals surface area contributed by atoms with E-state index >= 15 is 0 Å². The minimum atomic E-state index is 0. The Labute approximate surface area is 56.0 Å². The van der Waals surface area contributed by atoms with Crippen LogP contribution in [0.2, 0.25) is 0 Å². The van der Waals surface area contributed by atoms with E-state index in [1.807, 2.05) is 0 Å². The van der Waals surface area contributed by atoms with E-state index in [1.165, 1.54) is 0 Å². The Kier molecular flexibility index (Phi) is 3.13. The Balaban J connectivity index is 0.000000490. The quantitative estimate of drug-likeness (QED) is 0.533. The van der Waals surface area contributed by atoms with Gasteiger partial charge in [-0.25, -0.2) is 0 Å². The Bertz CT molecular complexity index is 105. The van der Waals surface area contributed by atoms with E-state index in [2.05, 4.69) is 26.4 Å². The molecule has 0 saturated heterocycles. The van der Waals surface area contributed by atoms with Gasteiger partial charge in [0.2, 0.25) is 0 Å².